The highest BCUT2D eigenvalue weighted by Gasteiger charge is 2.40. The fourth-order valence-corrected chi connectivity index (χ4v) is 8.12. The van der Waals surface area contributed by atoms with Gasteiger partial charge in [-0.25, -0.2) is 0 Å². The van der Waals surface area contributed by atoms with Crippen LogP contribution in [0.15, 0.2) is 73.1 Å². The Bertz CT molecular complexity index is 1830. The lowest BCUT2D eigenvalue weighted by molar-refractivity contribution is -0.0624. The summed E-state index contributed by atoms with van der Waals surface area (Å²) in [7, 11) is 0. The summed E-state index contributed by atoms with van der Waals surface area (Å²) < 4.78 is 20.1. The lowest BCUT2D eigenvalue weighted by atomic mass is 9.76. The van der Waals surface area contributed by atoms with Gasteiger partial charge >= 0.3 is 0 Å². The molecule has 300 valence electrons. The number of nitriles is 1. The van der Waals surface area contributed by atoms with Gasteiger partial charge in [-0.1, -0.05) is 54.9 Å². The molecule has 0 radical (unpaired) electrons. The Kier molecular flexibility index (Phi) is 15.3. The first-order valence-corrected chi connectivity index (χ1v) is 20.3. The van der Waals surface area contributed by atoms with Crippen molar-refractivity contribution in [3.8, 4) is 17.6 Å². The zero-order valence-electron chi connectivity index (χ0n) is 32.9. The molecule has 12 heteroatoms. The van der Waals surface area contributed by atoms with Gasteiger partial charge < -0.3 is 29.3 Å². The minimum absolute atomic E-state index is 0.0196. The highest BCUT2D eigenvalue weighted by molar-refractivity contribution is 6.32. The van der Waals surface area contributed by atoms with Gasteiger partial charge in [-0.15, -0.1) is 0 Å². The van der Waals surface area contributed by atoms with E-state index in [1.54, 1.807) is 18.5 Å². The van der Waals surface area contributed by atoms with E-state index in [4.69, 9.17) is 25.8 Å². The molecule has 2 saturated heterocycles. The van der Waals surface area contributed by atoms with E-state index >= 15 is 0 Å². The second kappa shape index (κ2) is 20.5. The molecule has 2 aliphatic heterocycles. The van der Waals surface area contributed by atoms with Gasteiger partial charge in [0, 0.05) is 121 Å². The van der Waals surface area contributed by atoms with Crippen LogP contribution < -0.4 is 9.47 Å². The average molecular weight is 785 g/mol. The molecule has 2 N–H and O–H groups in total. The van der Waals surface area contributed by atoms with Crippen molar-refractivity contribution >= 4 is 17.2 Å². The predicted octanol–water partition coefficient (Wildman–Crippen LogP) is 5.03. The molecule has 11 nitrogen and oxygen atoms in total. The topological polar surface area (TPSA) is 118 Å². The average Bonchev–Trinajstić information content (AvgIpc) is 3.21. The first kappa shape index (κ1) is 41.8. The van der Waals surface area contributed by atoms with Crippen LogP contribution in [-0.4, -0.2) is 139 Å². The Morgan fingerprint density at radius 3 is 2.23 bits per heavy atom. The molecule has 2 atom stereocenters. The van der Waals surface area contributed by atoms with Crippen molar-refractivity contribution in [2.75, 3.05) is 98.4 Å². The van der Waals surface area contributed by atoms with Crippen LogP contribution in [0.2, 0.25) is 5.02 Å². The van der Waals surface area contributed by atoms with E-state index in [0.717, 1.165) is 83.0 Å². The molecule has 1 aliphatic carbocycles. The number of nitrogens with zero attached hydrogens (tertiary/aromatic N) is 6. The summed E-state index contributed by atoms with van der Waals surface area (Å²) in [4.78, 5) is 13.6. The number of aliphatic hydroxyl groups is 2. The highest BCUT2D eigenvalue weighted by atomic mass is 35.5. The number of pyridine rings is 1. The van der Waals surface area contributed by atoms with Crippen LogP contribution in [0, 0.1) is 24.2 Å². The number of β-amino-alcohol motifs (C(OH)–C–C–N with tert-alkyl or cyclic N) is 2. The number of benzene rings is 2. The quantitative estimate of drug-likeness (QED) is 0.169. The summed E-state index contributed by atoms with van der Waals surface area (Å²) in [6, 6.07) is 16.2. The monoisotopic (exact) mass is 784 g/mol. The SMILES string of the molecule is Cc1ccccc1C1=CC=CC(COc2cc(OCc3cncc(C#N)c3)c(CN3CCN(CCO)CC3)cc2Cl)(OCCCN2CCN(CCO)CC2)C1C. The fourth-order valence-electron chi connectivity index (χ4n) is 7.88. The highest BCUT2D eigenvalue weighted by Crippen LogP contribution is 2.41. The smallest absolute Gasteiger partial charge is 0.141 e. The zero-order chi connectivity index (χ0) is 39.3. The van der Waals surface area contributed by atoms with Crippen LogP contribution >= 0.6 is 11.6 Å². The number of hydrogen-bond acceptors (Lipinski definition) is 11. The predicted molar refractivity (Wildman–Crippen MR) is 220 cm³/mol. The van der Waals surface area contributed by atoms with Gasteiger partial charge in [-0.2, -0.15) is 5.26 Å². The van der Waals surface area contributed by atoms with Crippen molar-refractivity contribution in [2.45, 2.75) is 39.0 Å². The van der Waals surface area contributed by atoms with Gasteiger partial charge in [-0.3, -0.25) is 19.7 Å². The van der Waals surface area contributed by atoms with E-state index in [2.05, 4.69) is 87.0 Å². The van der Waals surface area contributed by atoms with Crippen LogP contribution in [0.4, 0.5) is 0 Å². The lowest BCUT2D eigenvalue weighted by Gasteiger charge is -2.40. The largest absolute Gasteiger partial charge is 0.489 e. The number of halogens is 1. The Morgan fingerprint density at radius 1 is 0.875 bits per heavy atom. The molecule has 2 unspecified atom stereocenters. The molecule has 3 heterocycles. The van der Waals surface area contributed by atoms with Gasteiger partial charge in [0.15, 0.2) is 0 Å². The summed E-state index contributed by atoms with van der Waals surface area (Å²) in [6.07, 6.45) is 10.6. The van der Waals surface area contributed by atoms with E-state index in [0.29, 0.717) is 41.8 Å². The zero-order valence-corrected chi connectivity index (χ0v) is 33.7. The van der Waals surface area contributed by atoms with Gasteiger partial charge in [0.05, 0.1) is 23.8 Å². The number of rotatable bonds is 18. The van der Waals surface area contributed by atoms with E-state index in [9.17, 15) is 15.5 Å². The Balaban J connectivity index is 1.21. The molecule has 6 rings (SSSR count). The molecule has 0 spiro atoms. The van der Waals surface area contributed by atoms with Gasteiger partial charge in [-0.05, 0) is 48.3 Å². The van der Waals surface area contributed by atoms with E-state index < -0.39 is 5.60 Å². The first-order valence-electron chi connectivity index (χ1n) is 19.9. The summed E-state index contributed by atoms with van der Waals surface area (Å²) in [6.45, 7) is 16.2. The van der Waals surface area contributed by atoms with Gasteiger partial charge in [0.2, 0.25) is 0 Å². The maximum atomic E-state index is 9.43. The standard InChI is InChI=1S/C44H57ClN6O5/c1-34-7-3-4-8-39(34)40-9-5-10-44(35(40)2,56-24-6-11-48-12-14-49(15-13-48)20-22-52)33-55-43-27-42(54-32-37-25-36(28-46)29-47-30-37)38(26-41(43)45)31-51-18-16-50(17-19-51)21-23-53/h3-5,7-10,25-27,29-30,35,52-53H,6,11-24,31-33H2,1-2H3. The van der Waals surface area contributed by atoms with Crippen molar-refractivity contribution in [3.05, 3.63) is 106 Å². The molecular formula is C44H57ClN6O5. The Labute approximate surface area is 337 Å². The van der Waals surface area contributed by atoms with Gasteiger partial charge in [0.1, 0.15) is 36.4 Å². The third kappa shape index (κ3) is 11.0. The lowest BCUT2D eigenvalue weighted by Crippen LogP contribution is -2.48. The number of ether oxygens (including phenoxy) is 3. The molecule has 0 saturated carbocycles. The molecule has 0 amide bonds. The third-order valence-corrected chi connectivity index (χ3v) is 11.6. The summed E-state index contributed by atoms with van der Waals surface area (Å²) in [5.74, 6) is 1.15. The first-order chi connectivity index (χ1) is 27.3. The molecule has 3 aromatic rings. The van der Waals surface area contributed by atoms with E-state index in [1.165, 1.54) is 16.7 Å². The summed E-state index contributed by atoms with van der Waals surface area (Å²) in [5, 5.41) is 28.7. The van der Waals surface area contributed by atoms with Crippen molar-refractivity contribution in [1.29, 1.82) is 5.26 Å². The van der Waals surface area contributed by atoms with Crippen LogP contribution in [-0.2, 0) is 17.9 Å². The Hall–Kier alpha value is -3.83. The number of piperazine rings is 2. The number of hydrogen-bond donors (Lipinski definition) is 2. The minimum Gasteiger partial charge on any atom is -0.489 e. The van der Waals surface area contributed by atoms with E-state index in [1.807, 2.05) is 12.1 Å². The number of aryl methyl sites for hydroxylation is 1. The fraction of sp³-hybridized carbons (Fsp3) is 0.500. The molecule has 3 aliphatic rings. The molecular weight excluding hydrogens is 728 g/mol. The van der Waals surface area contributed by atoms with Crippen molar-refractivity contribution in [3.63, 3.8) is 0 Å². The van der Waals surface area contributed by atoms with Crippen molar-refractivity contribution in [2.24, 2.45) is 5.92 Å². The van der Waals surface area contributed by atoms with Crippen LogP contribution in [0.1, 0.15) is 41.2 Å². The van der Waals surface area contributed by atoms with Crippen LogP contribution in [0.25, 0.3) is 5.57 Å². The summed E-state index contributed by atoms with van der Waals surface area (Å²) in [5.41, 5.74) is 5.07. The van der Waals surface area contributed by atoms with Crippen molar-refractivity contribution < 1.29 is 24.4 Å². The van der Waals surface area contributed by atoms with Gasteiger partial charge in [0.25, 0.3) is 0 Å². The van der Waals surface area contributed by atoms with E-state index in [-0.39, 0.29) is 32.3 Å². The maximum absolute atomic E-state index is 9.43. The Morgan fingerprint density at radius 2 is 1.55 bits per heavy atom. The maximum Gasteiger partial charge on any atom is 0.141 e. The molecule has 0 bridgehead atoms. The summed E-state index contributed by atoms with van der Waals surface area (Å²) >= 11 is 7.05. The molecule has 1 aromatic heterocycles. The van der Waals surface area contributed by atoms with Crippen LogP contribution in [0.5, 0.6) is 11.5 Å². The number of aromatic nitrogens is 1. The molecule has 56 heavy (non-hydrogen) atoms. The van der Waals surface area contributed by atoms with Crippen LogP contribution in [0.3, 0.4) is 0 Å². The van der Waals surface area contributed by atoms with Crippen molar-refractivity contribution in [1.82, 2.24) is 24.6 Å². The normalized spacial score (nSPS) is 21.1. The second-order valence-electron chi connectivity index (χ2n) is 15.1. The third-order valence-electron chi connectivity index (χ3n) is 11.3. The number of aliphatic hydroxyl groups excluding tert-OH is 2. The minimum atomic E-state index is -0.757. The number of allylic oxidation sites excluding steroid dienone is 2. The molecule has 2 aromatic carbocycles. The second-order valence-corrected chi connectivity index (χ2v) is 15.5. The molecule has 2 fully saturated rings.